The molecule has 4 aromatic carbocycles. The van der Waals surface area contributed by atoms with E-state index in [1.165, 1.54) is 18.2 Å². The number of para-hydroxylation sites is 1. The van der Waals surface area contributed by atoms with E-state index < -0.39 is 108 Å². The van der Waals surface area contributed by atoms with Crippen LogP contribution in [0.1, 0.15) is 56.7 Å². The Morgan fingerprint density at radius 3 is 2.06 bits per heavy atom. The molecule has 7 amide bonds. The first-order chi connectivity index (χ1) is 37.2. The minimum Gasteiger partial charge on any atom is -0.506 e. The van der Waals surface area contributed by atoms with Gasteiger partial charge in [0.25, 0.3) is 0 Å². The predicted octanol–water partition coefficient (Wildman–Crippen LogP) is 1.00. The van der Waals surface area contributed by atoms with Crippen molar-refractivity contribution in [1.29, 1.82) is 0 Å². The summed E-state index contributed by atoms with van der Waals surface area (Å²) in [5.41, 5.74) is 20.9. The van der Waals surface area contributed by atoms with Gasteiger partial charge in [-0.3, -0.25) is 33.6 Å². The number of unbranched alkanes of at least 4 members (excludes halogenated alkanes) is 1. The molecule has 1 aliphatic rings. The summed E-state index contributed by atoms with van der Waals surface area (Å²) in [6.07, 6.45) is 0.703. The zero-order valence-corrected chi connectivity index (χ0v) is 45.1. The first-order valence-electron chi connectivity index (χ1n) is 25.6. The Hall–Kier alpha value is -7.38. The zero-order chi connectivity index (χ0) is 56.6. The number of nitrogen functional groups attached to an aromatic ring is 1. The molecular weight excluding hydrogens is 1040 g/mol. The minimum absolute atomic E-state index is 0.0205. The van der Waals surface area contributed by atoms with E-state index in [4.69, 9.17) is 17.2 Å². The van der Waals surface area contributed by atoms with Crippen molar-refractivity contribution in [2.24, 2.45) is 17.4 Å². The fourth-order valence-corrected chi connectivity index (χ4v) is 11.1. The van der Waals surface area contributed by atoms with E-state index in [1.54, 1.807) is 26.1 Å². The van der Waals surface area contributed by atoms with Gasteiger partial charge in [0.15, 0.2) is 6.04 Å². The number of carbonyl (C=O) groups is 8. The van der Waals surface area contributed by atoms with Crippen LogP contribution in [0, 0.1) is 5.92 Å². The number of phenolic OH excluding ortho intramolecular Hbond substituents is 1. The molecule has 0 radical (unpaired) electrons. The van der Waals surface area contributed by atoms with Crippen molar-refractivity contribution in [3.63, 3.8) is 0 Å². The molecule has 9 atom stereocenters. The average molecular weight is 1110 g/mol. The van der Waals surface area contributed by atoms with E-state index in [0.29, 0.717) is 24.0 Å². The number of nitrogens with two attached hydrogens (primary N) is 3. The van der Waals surface area contributed by atoms with Crippen LogP contribution >= 0.6 is 21.6 Å². The van der Waals surface area contributed by atoms with Crippen molar-refractivity contribution < 1.29 is 53.7 Å². The first kappa shape index (κ1) is 59.9. The molecule has 2 heterocycles. The van der Waals surface area contributed by atoms with Crippen molar-refractivity contribution in [1.82, 2.24) is 42.2 Å². The van der Waals surface area contributed by atoms with Gasteiger partial charge in [0.1, 0.15) is 42.0 Å². The van der Waals surface area contributed by atoms with Gasteiger partial charge in [-0.1, -0.05) is 102 Å². The first-order valence-corrected chi connectivity index (χ1v) is 28.0. The maximum atomic E-state index is 14.9. The van der Waals surface area contributed by atoms with Gasteiger partial charge in [-0.25, -0.2) is 4.79 Å². The number of anilines is 1. The number of amides is 7. The minimum atomic E-state index is -1.78. The Labute approximate surface area is 458 Å². The van der Waals surface area contributed by atoms with Crippen LogP contribution in [-0.4, -0.2) is 140 Å². The Kier molecular flexibility index (Phi) is 21.7. The van der Waals surface area contributed by atoms with Crippen molar-refractivity contribution in [2.45, 2.75) is 114 Å². The molecule has 0 saturated carbocycles. The number of fused-ring (bicyclic) bond motifs is 2. The molecule has 5 aromatic rings. The van der Waals surface area contributed by atoms with Gasteiger partial charge in [0.2, 0.25) is 41.4 Å². The second kappa shape index (κ2) is 28.3. The number of aliphatic carboxylic acids is 1. The molecular formula is C54H69N11O11S2. The van der Waals surface area contributed by atoms with Crippen LogP contribution in [0.3, 0.4) is 0 Å². The molecule has 1 aliphatic heterocycles. The topological polar surface area (TPSA) is 375 Å². The molecule has 0 aliphatic carbocycles. The number of aromatic nitrogens is 1. The smallest absolute Gasteiger partial charge is 0.328 e. The average Bonchev–Trinajstić information content (AvgIpc) is 3.86. The quantitative estimate of drug-likeness (QED) is 0.0267. The number of phenols is 1. The Morgan fingerprint density at radius 1 is 0.731 bits per heavy atom. The molecule has 0 bridgehead atoms. The third-order valence-electron chi connectivity index (χ3n) is 13.2. The molecule has 1 unspecified atom stereocenters. The Bertz CT molecular complexity index is 2960. The van der Waals surface area contributed by atoms with Gasteiger partial charge >= 0.3 is 5.97 Å². The highest BCUT2D eigenvalue weighted by atomic mass is 33.1. The third kappa shape index (κ3) is 16.6. The summed E-state index contributed by atoms with van der Waals surface area (Å²) in [6.45, 7) is 4.71. The van der Waals surface area contributed by atoms with Gasteiger partial charge in [-0.2, -0.15) is 0 Å². The number of aromatic hydroxyl groups is 1. The highest BCUT2D eigenvalue weighted by molar-refractivity contribution is 8.76. The highest BCUT2D eigenvalue weighted by Gasteiger charge is 2.37. The van der Waals surface area contributed by atoms with Gasteiger partial charge in [-0.15, -0.1) is 0 Å². The molecule has 24 heteroatoms. The number of carboxylic acid groups (broad SMARTS) is 1. The fraction of sp³-hybridized carbons (Fsp3) is 0.407. The SMILES string of the molecule is CC(C)[C@@H]1NC(=O)[C@H](CCCCN)NC(=O)[C@@H](Cc2c[nH]c3ccccc23)NC(=O)[C@H](Cc2ccc(O)c(N)c2)NC(=O)[C@@H](NC(=O)[C@H](N)Cc2ccc3ccccc3c2)CSSC[C@@H](C(=O)N[C@H](C(=O)O)C(C)O)NC1=O. The lowest BCUT2D eigenvalue weighted by Crippen LogP contribution is -2.62. The monoisotopic (exact) mass is 1110 g/mol. The van der Waals surface area contributed by atoms with E-state index in [2.05, 4.69) is 42.2 Å². The molecule has 1 aromatic heterocycles. The summed E-state index contributed by atoms with van der Waals surface area (Å²) < 4.78 is 0. The normalized spacial score (nSPS) is 21.5. The van der Waals surface area contributed by atoms with Crippen LogP contribution in [-0.2, 0) is 57.6 Å². The second-order valence-corrected chi connectivity index (χ2v) is 22.2. The standard InChI is InChI=1S/C54H69N11O11S2/c1-28(2)45-53(74)63-43(52(73)65-46(29(3)66)54(75)76)27-78-77-26-42(62-47(68)37(57)22-30-15-17-32-10-4-5-11-33(32)20-30)51(72)60-40(23-31-16-18-44(67)36(56)21-31)49(70)61-41(24-34-25-58-38-13-7-6-12-35(34)38)50(71)59-39(48(69)64-45)14-8-9-19-55/h4-7,10-13,15-18,20-21,25,28-29,37,39-43,45-46,58,66-67H,8-9,14,19,22-24,26-27,55-57H2,1-3H3,(H,59,71)(H,60,72)(H,61,70)(H,62,68)(H,63,74)(H,64,69)(H,65,73)(H,75,76)/t29?,37-,39+,40+,41-,42+,43+,45+,46+/m1/s1. The van der Waals surface area contributed by atoms with Gasteiger partial charge in [-0.05, 0) is 90.7 Å². The van der Waals surface area contributed by atoms with E-state index >= 15 is 0 Å². The van der Waals surface area contributed by atoms with E-state index in [0.717, 1.165) is 55.8 Å². The van der Waals surface area contributed by atoms with E-state index in [9.17, 15) is 53.7 Å². The molecule has 1 fully saturated rings. The molecule has 17 N–H and O–H groups in total. The molecule has 0 spiro atoms. The van der Waals surface area contributed by atoms with Crippen LogP contribution in [0.2, 0.25) is 0 Å². The summed E-state index contributed by atoms with van der Waals surface area (Å²) in [5, 5.41) is 51.7. The molecule has 78 heavy (non-hydrogen) atoms. The largest absolute Gasteiger partial charge is 0.506 e. The lowest BCUT2D eigenvalue weighted by Gasteiger charge is -2.29. The van der Waals surface area contributed by atoms with Crippen LogP contribution in [0.15, 0.2) is 91.1 Å². The summed E-state index contributed by atoms with van der Waals surface area (Å²) in [5.74, 6) is -8.78. The number of aromatic amines is 1. The number of carbonyl (C=O) groups excluding carboxylic acids is 7. The lowest BCUT2D eigenvalue weighted by molar-refractivity contribution is -0.145. The van der Waals surface area contributed by atoms with Crippen molar-refractivity contribution in [3.05, 3.63) is 108 Å². The zero-order valence-electron chi connectivity index (χ0n) is 43.5. The number of H-pyrrole nitrogens is 1. The van der Waals surface area contributed by atoms with Gasteiger partial charge < -0.3 is 74.7 Å². The van der Waals surface area contributed by atoms with Crippen LogP contribution in [0.4, 0.5) is 5.69 Å². The van der Waals surface area contributed by atoms with Gasteiger partial charge in [0, 0.05) is 41.4 Å². The van der Waals surface area contributed by atoms with Crippen molar-refractivity contribution in [3.8, 4) is 5.75 Å². The summed E-state index contributed by atoms with van der Waals surface area (Å²) in [6, 6.07) is 13.4. The maximum Gasteiger partial charge on any atom is 0.328 e. The number of aliphatic hydroxyl groups is 1. The number of hydrogen-bond donors (Lipinski definition) is 14. The Balaban J connectivity index is 1.41. The Morgan fingerprint density at radius 2 is 1.37 bits per heavy atom. The second-order valence-electron chi connectivity index (χ2n) is 19.6. The van der Waals surface area contributed by atoms with Gasteiger partial charge in [0.05, 0.1) is 17.8 Å². The molecule has 418 valence electrons. The van der Waals surface area contributed by atoms with Crippen molar-refractivity contribution in [2.75, 3.05) is 23.8 Å². The van der Waals surface area contributed by atoms with Crippen molar-refractivity contribution >= 4 is 96.3 Å². The number of carboxylic acids is 1. The van der Waals surface area contributed by atoms with Crippen LogP contribution in [0.5, 0.6) is 5.75 Å². The summed E-state index contributed by atoms with van der Waals surface area (Å²) in [4.78, 5) is 116. The lowest BCUT2D eigenvalue weighted by atomic mass is 9.99. The van der Waals surface area contributed by atoms with E-state index in [-0.39, 0.29) is 55.2 Å². The summed E-state index contributed by atoms with van der Waals surface area (Å²) >= 11 is 0. The number of aliphatic hydroxyl groups excluding tert-OH is 1. The fourth-order valence-electron chi connectivity index (χ4n) is 8.77. The summed E-state index contributed by atoms with van der Waals surface area (Å²) in [7, 11) is 1.95. The molecule has 1 saturated heterocycles. The number of benzene rings is 4. The van der Waals surface area contributed by atoms with Crippen LogP contribution < -0.4 is 54.4 Å². The maximum absolute atomic E-state index is 14.9. The number of rotatable bonds is 17. The van der Waals surface area contributed by atoms with Crippen LogP contribution in [0.25, 0.3) is 21.7 Å². The molecule has 6 rings (SSSR count). The predicted molar refractivity (Wildman–Crippen MR) is 299 cm³/mol. The number of hydrogen-bond acceptors (Lipinski definition) is 15. The third-order valence-corrected chi connectivity index (χ3v) is 15.6. The van der Waals surface area contributed by atoms with E-state index in [1.807, 2.05) is 60.7 Å². The number of nitrogens with one attached hydrogen (secondary N) is 8. The molecule has 22 nitrogen and oxygen atoms in total. The highest BCUT2D eigenvalue weighted by Crippen LogP contribution is 2.26.